The lowest BCUT2D eigenvalue weighted by Crippen LogP contribution is -2.43. The first-order valence-corrected chi connectivity index (χ1v) is 10.5. The number of nitrogens with zero attached hydrogens (tertiary/aromatic N) is 3. The fraction of sp³-hybridized carbons (Fsp3) is 0.375. The Bertz CT molecular complexity index is 1090. The van der Waals surface area contributed by atoms with Crippen molar-refractivity contribution < 1.29 is 14.3 Å². The zero-order valence-electron chi connectivity index (χ0n) is 17.7. The van der Waals surface area contributed by atoms with Gasteiger partial charge < -0.3 is 9.64 Å². The average molecular weight is 405 g/mol. The van der Waals surface area contributed by atoms with Crippen molar-refractivity contribution in [1.29, 1.82) is 0 Å². The maximum atomic E-state index is 13.7. The van der Waals surface area contributed by atoms with Gasteiger partial charge in [-0.3, -0.25) is 14.0 Å². The van der Waals surface area contributed by atoms with E-state index in [4.69, 9.17) is 9.72 Å². The molecule has 0 bridgehead atoms. The number of aromatic nitrogens is 2. The van der Waals surface area contributed by atoms with Gasteiger partial charge in [-0.25, -0.2) is 4.98 Å². The molecule has 3 aromatic rings. The Labute approximate surface area is 176 Å². The number of aryl methyl sites for hydroxylation is 2. The van der Waals surface area contributed by atoms with E-state index in [9.17, 15) is 9.59 Å². The summed E-state index contributed by atoms with van der Waals surface area (Å²) in [5, 5.41) is 0. The molecule has 30 heavy (non-hydrogen) atoms. The van der Waals surface area contributed by atoms with Gasteiger partial charge in [0.25, 0.3) is 5.91 Å². The lowest BCUT2D eigenvalue weighted by molar-refractivity contribution is -0.149. The molecule has 1 fully saturated rings. The lowest BCUT2D eigenvalue weighted by atomic mass is 9.97. The minimum absolute atomic E-state index is 0.0994. The summed E-state index contributed by atoms with van der Waals surface area (Å²) in [6.07, 6.45) is 3.48. The molecule has 156 valence electrons. The summed E-state index contributed by atoms with van der Waals surface area (Å²) in [5.41, 5.74) is 5.06. The number of likely N-dealkylation sites (tertiary alicyclic amines) is 1. The fourth-order valence-corrected chi connectivity index (χ4v) is 4.03. The maximum absolute atomic E-state index is 13.7. The zero-order chi connectivity index (χ0) is 21.3. The number of esters is 1. The van der Waals surface area contributed by atoms with Crippen molar-refractivity contribution in [2.24, 2.45) is 5.92 Å². The lowest BCUT2D eigenvalue weighted by Gasteiger charge is -2.31. The molecule has 4 rings (SSSR count). The Kier molecular flexibility index (Phi) is 5.57. The van der Waals surface area contributed by atoms with Gasteiger partial charge in [0.1, 0.15) is 17.0 Å². The number of benzene rings is 1. The predicted octanol–water partition coefficient (Wildman–Crippen LogP) is 4.03. The summed E-state index contributed by atoms with van der Waals surface area (Å²) in [6.45, 7) is 7.19. The molecule has 6 heteroatoms. The number of carbonyl (C=O) groups is 2. The van der Waals surface area contributed by atoms with E-state index in [1.807, 2.05) is 60.8 Å². The molecule has 1 aliphatic heterocycles. The van der Waals surface area contributed by atoms with Crippen molar-refractivity contribution >= 4 is 17.5 Å². The van der Waals surface area contributed by atoms with Crippen LogP contribution < -0.4 is 0 Å². The molecule has 1 aliphatic rings. The van der Waals surface area contributed by atoms with Gasteiger partial charge in [-0.1, -0.05) is 35.9 Å². The van der Waals surface area contributed by atoms with E-state index in [1.165, 1.54) is 0 Å². The molecule has 6 nitrogen and oxygen atoms in total. The van der Waals surface area contributed by atoms with Gasteiger partial charge in [0.2, 0.25) is 0 Å². The normalized spacial score (nSPS) is 16.6. The summed E-state index contributed by atoms with van der Waals surface area (Å²) in [6, 6.07) is 12.0. The number of piperidine rings is 1. The molecular weight excluding hydrogens is 378 g/mol. The summed E-state index contributed by atoms with van der Waals surface area (Å²) in [4.78, 5) is 32.5. The third-order valence-electron chi connectivity index (χ3n) is 5.62. The number of amides is 1. The number of hydrogen-bond donors (Lipinski definition) is 0. The van der Waals surface area contributed by atoms with Crippen molar-refractivity contribution in [3.8, 4) is 11.3 Å². The highest BCUT2D eigenvalue weighted by Gasteiger charge is 2.32. The zero-order valence-corrected chi connectivity index (χ0v) is 17.7. The van der Waals surface area contributed by atoms with Crippen molar-refractivity contribution in [3.05, 3.63) is 59.4 Å². The highest BCUT2D eigenvalue weighted by atomic mass is 16.5. The van der Waals surface area contributed by atoms with Gasteiger partial charge in [0.05, 0.1) is 12.5 Å². The summed E-state index contributed by atoms with van der Waals surface area (Å²) >= 11 is 0. The van der Waals surface area contributed by atoms with E-state index in [2.05, 4.69) is 0 Å². The highest BCUT2D eigenvalue weighted by molar-refractivity contribution is 6.00. The summed E-state index contributed by atoms with van der Waals surface area (Å²) in [7, 11) is 0. The second-order valence-electron chi connectivity index (χ2n) is 7.95. The molecule has 0 spiro atoms. The topological polar surface area (TPSA) is 63.9 Å². The van der Waals surface area contributed by atoms with Crippen LogP contribution in [0, 0.1) is 19.8 Å². The van der Waals surface area contributed by atoms with Crippen LogP contribution in [0.4, 0.5) is 0 Å². The Balaban J connectivity index is 1.75. The van der Waals surface area contributed by atoms with E-state index < -0.39 is 0 Å². The number of pyridine rings is 1. The van der Waals surface area contributed by atoms with Crippen LogP contribution in [0.25, 0.3) is 16.9 Å². The molecule has 0 N–H and O–H groups in total. The molecule has 1 amide bonds. The molecule has 1 aromatic carbocycles. The number of rotatable bonds is 4. The summed E-state index contributed by atoms with van der Waals surface area (Å²) in [5.74, 6) is -0.591. The number of hydrogen-bond acceptors (Lipinski definition) is 4. The van der Waals surface area contributed by atoms with Crippen LogP contribution in [-0.4, -0.2) is 45.9 Å². The molecule has 1 unspecified atom stereocenters. The van der Waals surface area contributed by atoms with E-state index in [1.54, 1.807) is 11.8 Å². The van der Waals surface area contributed by atoms with Crippen molar-refractivity contribution in [1.82, 2.24) is 14.3 Å². The monoisotopic (exact) mass is 405 g/mol. The first kappa shape index (κ1) is 20.1. The van der Waals surface area contributed by atoms with Gasteiger partial charge in [-0.15, -0.1) is 0 Å². The molecule has 1 atom stereocenters. The highest BCUT2D eigenvalue weighted by Crippen LogP contribution is 2.28. The maximum Gasteiger partial charge on any atom is 0.310 e. The second-order valence-corrected chi connectivity index (χ2v) is 7.95. The van der Waals surface area contributed by atoms with Crippen LogP contribution in [0.5, 0.6) is 0 Å². The molecule has 0 saturated carbocycles. The molecule has 3 heterocycles. The van der Waals surface area contributed by atoms with Gasteiger partial charge in [0, 0.05) is 24.8 Å². The minimum atomic E-state index is -0.272. The Morgan fingerprint density at radius 1 is 1.10 bits per heavy atom. The van der Waals surface area contributed by atoms with Crippen LogP contribution in [0.3, 0.4) is 0 Å². The standard InChI is InChI=1S/C24H27N3O3/c1-4-30-24(29)19-6-5-13-26(15-19)23(28)22-21(18-10-7-16(2)8-11-18)25-20-12-9-17(3)14-27(20)22/h7-12,14,19H,4-6,13,15H2,1-3H3. The first-order valence-electron chi connectivity index (χ1n) is 10.5. The van der Waals surface area contributed by atoms with Gasteiger partial charge in [0.15, 0.2) is 0 Å². The van der Waals surface area contributed by atoms with Crippen molar-refractivity contribution in [2.75, 3.05) is 19.7 Å². The van der Waals surface area contributed by atoms with Crippen LogP contribution in [0.1, 0.15) is 41.4 Å². The number of imidazole rings is 1. The fourth-order valence-electron chi connectivity index (χ4n) is 4.03. The van der Waals surface area contributed by atoms with Gasteiger partial charge in [-0.05, 0) is 45.2 Å². The molecule has 0 aliphatic carbocycles. The molecule has 0 radical (unpaired) electrons. The smallest absolute Gasteiger partial charge is 0.310 e. The summed E-state index contributed by atoms with van der Waals surface area (Å²) < 4.78 is 7.07. The van der Waals surface area contributed by atoms with Crippen LogP contribution in [0.15, 0.2) is 42.6 Å². The van der Waals surface area contributed by atoms with Gasteiger partial charge in [-0.2, -0.15) is 0 Å². The van der Waals surface area contributed by atoms with Crippen molar-refractivity contribution in [3.63, 3.8) is 0 Å². The van der Waals surface area contributed by atoms with Crippen LogP contribution in [-0.2, 0) is 9.53 Å². The predicted molar refractivity (Wildman–Crippen MR) is 115 cm³/mol. The van der Waals surface area contributed by atoms with E-state index >= 15 is 0 Å². The molecule has 1 saturated heterocycles. The van der Waals surface area contributed by atoms with E-state index in [-0.39, 0.29) is 17.8 Å². The van der Waals surface area contributed by atoms with E-state index in [0.717, 1.165) is 35.2 Å². The first-order chi connectivity index (χ1) is 14.5. The molecule has 2 aromatic heterocycles. The van der Waals surface area contributed by atoms with Crippen LogP contribution in [0.2, 0.25) is 0 Å². The minimum Gasteiger partial charge on any atom is -0.466 e. The van der Waals surface area contributed by atoms with Crippen molar-refractivity contribution in [2.45, 2.75) is 33.6 Å². The number of carbonyl (C=O) groups excluding carboxylic acids is 2. The van der Waals surface area contributed by atoms with Gasteiger partial charge >= 0.3 is 5.97 Å². The largest absolute Gasteiger partial charge is 0.466 e. The van der Waals surface area contributed by atoms with E-state index in [0.29, 0.717) is 31.1 Å². The Morgan fingerprint density at radius 3 is 2.57 bits per heavy atom. The average Bonchev–Trinajstić information content (AvgIpc) is 3.12. The quantitative estimate of drug-likeness (QED) is 0.615. The Morgan fingerprint density at radius 2 is 1.83 bits per heavy atom. The number of ether oxygens (including phenoxy) is 1. The third kappa shape index (κ3) is 3.82. The third-order valence-corrected chi connectivity index (χ3v) is 5.62. The second kappa shape index (κ2) is 8.30. The molecular formula is C24H27N3O3. The SMILES string of the molecule is CCOC(=O)C1CCCN(C(=O)c2c(-c3ccc(C)cc3)nc3ccc(C)cn23)C1. The number of fused-ring (bicyclic) bond motifs is 1. The Hall–Kier alpha value is -3.15. The van der Waals surface area contributed by atoms with Crippen LogP contribution >= 0.6 is 0 Å².